The first kappa shape index (κ1) is 25.4. The Morgan fingerprint density at radius 3 is 1.71 bits per heavy atom. The molecular formula is C29H27BrN4O4. The largest absolute Gasteiger partial charge is 0.503 e. The minimum absolute atomic E-state index is 0.0576. The second kappa shape index (κ2) is 10.3. The van der Waals surface area contributed by atoms with Crippen molar-refractivity contribution in [1.82, 2.24) is 20.4 Å². The van der Waals surface area contributed by atoms with E-state index in [4.69, 9.17) is 4.74 Å². The summed E-state index contributed by atoms with van der Waals surface area (Å²) in [5.74, 6) is -0.629. The maximum Gasteiger partial charge on any atom is 0.268 e. The molecule has 38 heavy (non-hydrogen) atoms. The summed E-state index contributed by atoms with van der Waals surface area (Å²) in [6, 6.07) is 18.9. The van der Waals surface area contributed by atoms with Crippen molar-refractivity contribution in [3.63, 3.8) is 0 Å². The molecule has 194 valence electrons. The standard InChI is InChI=1S/C29H27BrN4O4/c1-4-38-21-14-19(13-20(30)27(21)35)22(23-25(31-33-28(23)36)17-9-5-15(2)6-10-17)24-26(32-34-29(24)37)18-11-7-16(3)8-12-18/h5-14,22,35H,4H2,1-3H3,(H2,31,33,36)(H2,32,34,37). The van der Waals surface area contributed by atoms with E-state index in [1.807, 2.05) is 69.3 Å². The molecule has 0 aliphatic heterocycles. The van der Waals surface area contributed by atoms with Crippen LogP contribution in [0.4, 0.5) is 0 Å². The van der Waals surface area contributed by atoms with Crippen LogP contribution in [0.2, 0.25) is 0 Å². The zero-order valence-electron chi connectivity index (χ0n) is 21.1. The van der Waals surface area contributed by atoms with Gasteiger partial charge in [-0.3, -0.25) is 30.0 Å². The molecule has 0 bridgehead atoms. The van der Waals surface area contributed by atoms with Crippen molar-refractivity contribution < 1.29 is 9.84 Å². The van der Waals surface area contributed by atoms with Gasteiger partial charge in [0.25, 0.3) is 11.1 Å². The summed E-state index contributed by atoms with van der Waals surface area (Å²) in [7, 11) is 0. The molecule has 0 atom stereocenters. The summed E-state index contributed by atoms with van der Waals surface area (Å²) in [4.78, 5) is 26.9. The first-order valence-electron chi connectivity index (χ1n) is 12.2. The van der Waals surface area contributed by atoms with Crippen molar-refractivity contribution >= 4 is 15.9 Å². The molecule has 8 nitrogen and oxygen atoms in total. The fourth-order valence-electron chi connectivity index (χ4n) is 4.69. The van der Waals surface area contributed by atoms with E-state index in [0.29, 0.717) is 39.2 Å². The molecule has 0 saturated heterocycles. The molecule has 0 aliphatic carbocycles. The zero-order chi connectivity index (χ0) is 27.0. The monoisotopic (exact) mass is 574 g/mol. The molecule has 0 radical (unpaired) electrons. The minimum Gasteiger partial charge on any atom is -0.503 e. The quantitative estimate of drug-likeness (QED) is 0.170. The van der Waals surface area contributed by atoms with E-state index in [1.165, 1.54) is 0 Å². The number of aromatic amines is 4. The molecule has 2 aromatic heterocycles. The second-order valence-corrected chi connectivity index (χ2v) is 10.0. The van der Waals surface area contributed by atoms with Gasteiger partial charge in [-0.15, -0.1) is 0 Å². The molecule has 0 spiro atoms. The predicted octanol–water partition coefficient (Wildman–Crippen LogP) is 5.72. The van der Waals surface area contributed by atoms with E-state index in [-0.39, 0.29) is 22.6 Å². The highest BCUT2D eigenvalue weighted by atomic mass is 79.9. The molecular weight excluding hydrogens is 548 g/mol. The van der Waals surface area contributed by atoms with Crippen LogP contribution in [-0.2, 0) is 0 Å². The number of benzene rings is 3. The number of rotatable bonds is 7. The predicted molar refractivity (Wildman–Crippen MR) is 151 cm³/mol. The Kier molecular flexibility index (Phi) is 6.86. The summed E-state index contributed by atoms with van der Waals surface area (Å²) < 4.78 is 6.08. The maximum absolute atomic E-state index is 13.5. The highest BCUT2D eigenvalue weighted by Gasteiger charge is 2.32. The zero-order valence-corrected chi connectivity index (χ0v) is 22.7. The number of hydrogen-bond donors (Lipinski definition) is 5. The van der Waals surface area contributed by atoms with Crippen LogP contribution in [0.3, 0.4) is 0 Å². The summed E-state index contributed by atoms with van der Waals surface area (Å²) in [6.07, 6.45) is 0. The lowest BCUT2D eigenvalue weighted by molar-refractivity contribution is 0.317. The van der Waals surface area contributed by atoms with Crippen LogP contribution >= 0.6 is 15.9 Å². The summed E-state index contributed by atoms with van der Waals surface area (Å²) in [5, 5.41) is 22.1. The maximum atomic E-state index is 13.5. The van der Waals surface area contributed by atoms with Crippen LogP contribution in [0, 0.1) is 13.8 Å². The molecule has 0 unspecified atom stereocenters. The van der Waals surface area contributed by atoms with Crippen LogP contribution in [0.15, 0.2) is 74.7 Å². The second-order valence-electron chi connectivity index (χ2n) is 9.18. The third-order valence-electron chi connectivity index (χ3n) is 6.57. The van der Waals surface area contributed by atoms with E-state index < -0.39 is 5.92 Å². The Balaban J connectivity index is 1.83. The Morgan fingerprint density at radius 1 is 0.789 bits per heavy atom. The first-order chi connectivity index (χ1) is 18.3. The number of nitrogens with one attached hydrogen (secondary N) is 4. The Bertz CT molecular complexity index is 1610. The van der Waals surface area contributed by atoms with Gasteiger partial charge >= 0.3 is 0 Å². The van der Waals surface area contributed by atoms with Crippen molar-refractivity contribution in [2.45, 2.75) is 26.7 Å². The molecule has 2 heterocycles. The lowest BCUT2D eigenvalue weighted by Gasteiger charge is -2.20. The number of phenolic OH excluding ortho intramolecular Hbond substituents is 1. The number of aromatic hydroxyl groups is 1. The van der Waals surface area contributed by atoms with Gasteiger partial charge in [0.05, 0.1) is 33.6 Å². The minimum atomic E-state index is -0.816. The van der Waals surface area contributed by atoms with Gasteiger partial charge in [0.1, 0.15) is 0 Å². The Labute approximate surface area is 226 Å². The number of H-pyrrole nitrogens is 4. The van der Waals surface area contributed by atoms with E-state index in [9.17, 15) is 14.7 Å². The van der Waals surface area contributed by atoms with Gasteiger partial charge in [-0.05, 0) is 65.5 Å². The van der Waals surface area contributed by atoms with Gasteiger partial charge in [-0.1, -0.05) is 59.7 Å². The topological polar surface area (TPSA) is 127 Å². The Morgan fingerprint density at radius 2 is 1.26 bits per heavy atom. The van der Waals surface area contributed by atoms with Crippen LogP contribution in [0.25, 0.3) is 22.5 Å². The summed E-state index contributed by atoms with van der Waals surface area (Å²) in [6.45, 7) is 6.12. The smallest absolute Gasteiger partial charge is 0.268 e. The normalized spacial score (nSPS) is 11.3. The van der Waals surface area contributed by atoms with Crippen molar-refractivity contribution in [3.8, 4) is 34.0 Å². The van der Waals surface area contributed by atoms with Gasteiger partial charge in [-0.2, -0.15) is 0 Å². The lowest BCUT2D eigenvalue weighted by atomic mass is 9.83. The number of aryl methyl sites for hydroxylation is 2. The molecule has 0 saturated carbocycles. The fraction of sp³-hybridized carbons (Fsp3) is 0.172. The number of halogens is 1. The average molecular weight is 575 g/mol. The number of phenols is 1. The van der Waals surface area contributed by atoms with Crippen LogP contribution in [0.1, 0.15) is 40.7 Å². The number of hydrogen-bond acceptors (Lipinski definition) is 4. The van der Waals surface area contributed by atoms with Gasteiger partial charge in [-0.25, -0.2) is 0 Å². The summed E-state index contributed by atoms with van der Waals surface area (Å²) >= 11 is 3.42. The van der Waals surface area contributed by atoms with Crippen molar-refractivity contribution in [2.24, 2.45) is 0 Å². The van der Waals surface area contributed by atoms with E-state index in [1.54, 1.807) is 12.1 Å². The molecule has 5 N–H and O–H groups in total. The fourth-order valence-corrected chi connectivity index (χ4v) is 5.14. The van der Waals surface area contributed by atoms with Crippen LogP contribution in [0.5, 0.6) is 11.5 Å². The molecule has 5 rings (SSSR count). The van der Waals surface area contributed by atoms with Crippen molar-refractivity contribution in [3.05, 3.63) is 114 Å². The van der Waals surface area contributed by atoms with Crippen molar-refractivity contribution in [2.75, 3.05) is 6.61 Å². The van der Waals surface area contributed by atoms with Crippen molar-refractivity contribution in [1.29, 1.82) is 0 Å². The van der Waals surface area contributed by atoms with Gasteiger partial charge in [0.15, 0.2) is 11.5 Å². The highest BCUT2D eigenvalue weighted by molar-refractivity contribution is 9.10. The van der Waals surface area contributed by atoms with Crippen LogP contribution in [-0.4, -0.2) is 32.1 Å². The van der Waals surface area contributed by atoms with E-state index >= 15 is 0 Å². The third kappa shape index (κ3) is 4.61. The average Bonchev–Trinajstić information content (AvgIpc) is 3.47. The Hall–Kier alpha value is -4.24. The number of ether oxygens (including phenoxy) is 1. The lowest BCUT2D eigenvalue weighted by Crippen LogP contribution is -2.20. The molecule has 9 heteroatoms. The molecule has 0 aliphatic rings. The highest BCUT2D eigenvalue weighted by Crippen LogP contribution is 2.43. The first-order valence-corrected chi connectivity index (χ1v) is 13.0. The molecule has 0 fully saturated rings. The number of aromatic nitrogens is 4. The SMILES string of the molecule is CCOc1cc(C(c2c(-c3ccc(C)cc3)[nH][nH]c2=O)c2c(-c3ccc(C)cc3)[nH][nH]c2=O)cc(Br)c1O. The van der Waals surface area contributed by atoms with Gasteiger partial charge in [0.2, 0.25) is 0 Å². The molecule has 5 aromatic rings. The van der Waals surface area contributed by atoms with E-state index in [0.717, 1.165) is 22.3 Å². The van der Waals surface area contributed by atoms with Crippen LogP contribution < -0.4 is 15.9 Å². The van der Waals surface area contributed by atoms with Gasteiger partial charge < -0.3 is 9.84 Å². The summed E-state index contributed by atoms with van der Waals surface area (Å²) in [5.41, 5.74) is 5.49. The molecule has 0 amide bonds. The van der Waals surface area contributed by atoms with E-state index in [2.05, 4.69) is 36.3 Å². The molecule has 3 aromatic carbocycles. The van der Waals surface area contributed by atoms with Gasteiger partial charge in [0, 0.05) is 5.92 Å². The third-order valence-corrected chi connectivity index (χ3v) is 7.18.